The lowest BCUT2D eigenvalue weighted by molar-refractivity contribution is 0.173. The molecule has 0 saturated heterocycles. The second-order valence-electron chi connectivity index (χ2n) is 2.50. The van der Waals surface area contributed by atoms with Gasteiger partial charge in [-0.25, -0.2) is 4.98 Å². The zero-order chi connectivity index (χ0) is 8.27. The van der Waals surface area contributed by atoms with Gasteiger partial charge in [0.25, 0.3) is 0 Å². The summed E-state index contributed by atoms with van der Waals surface area (Å²) in [6, 6.07) is 0. The van der Waals surface area contributed by atoms with E-state index in [4.69, 9.17) is 0 Å². The van der Waals surface area contributed by atoms with Gasteiger partial charge in [0.15, 0.2) is 0 Å². The number of aromatic nitrogens is 2. The van der Waals surface area contributed by atoms with E-state index in [1.165, 1.54) is 0 Å². The molecule has 0 bridgehead atoms. The number of imidazole rings is 1. The average Bonchev–Trinajstić information content (AvgIpc) is 2.36. The van der Waals surface area contributed by atoms with Gasteiger partial charge in [-0.1, -0.05) is 0 Å². The Kier molecular flexibility index (Phi) is 2.62. The number of aryl methyl sites for hydroxylation is 1. The average molecular weight is 155 g/mol. The molecule has 1 rings (SSSR count). The molecule has 4 heteroatoms. The topological polar surface area (TPSA) is 60.9 Å². The van der Waals surface area contributed by atoms with Crippen molar-refractivity contribution in [2.24, 2.45) is 0 Å². The van der Waals surface area contributed by atoms with E-state index in [9.17, 15) is 5.11 Å². The molecule has 0 fully saturated rings. The Hall–Kier alpha value is -0.870. The number of likely N-dealkylation sites (N-methyl/N-ethyl adjacent to an activating group) is 1. The molecule has 3 N–H and O–H groups in total. The predicted octanol–water partition coefficient (Wildman–Crippen LogP) is -0.0291. The van der Waals surface area contributed by atoms with Gasteiger partial charge in [-0.05, 0) is 14.0 Å². The lowest BCUT2D eigenvalue weighted by Gasteiger charge is -2.05. The number of aromatic amines is 1. The van der Waals surface area contributed by atoms with Crippen molar-refractivity contribution in [2.45, 2.75) is 13.0 Å². The van der Waals surface area contributed by atoms with Crippen LogP contribution >= 0.6 is 0 Å². The summed E-state index contributed by atoms with van der Waals surface area (Å²) in [5.74, 6) is 0.829. The number of hydrogen-bond donors (Lipinski definition) is 3. The molecule has 62 valence electrons. The number of aliphatic hydroxyl groups is 1. The first-order valence-corrected chi connectivity index (χ1v) is 3.58. The Morgan fingerprint density at radius 1 is 1.82 bits per heavy atom. The van der Waals surface area contributed by atoms with Crippen LogP contribution < -0.4 is 5.32 Å². The maximum Gasteiger partial charge on any atom is 0.108 e. The van der Waals surface area contributed by atoms with Crippen LogP contribution in [0.3, 0.4) is 0 Å². The summed E-state index contributed by atoms with van der Waals surface area (Å²) in [6.45, 7) is 2.40. The van der Waals surface area contributed by atoms with Crippen LogP contribution in [-0.4, -0.2) is 28.7 Å². The number of nitrogens with one attached hydrogen (secondary N) is 2. The molecule has 0 spiro atoms. The molecule has 11 heavy (non-hydrogen) atoms. The molecule has 4 nitrogen and oxygen atoms in total. The van der Waals surface area contributed by atoms with Gasteiger partial charge in [0, 0.05) is 6.54 Å². The highest BCUT2D eigenvalue weighted by Crippen LogP contribution is 2.07. The molecule has 0 saturated carbocycles. The zero-order valence-corrected chi connectivity index (χ0v) is 6.76. The molecule has 0 aliphatic heterocycles. The van der Waals surface area contributed by atoms with E-state index >= 15 is 0 Å². The summed E-state index contributed by atoms with van der Waals surface area (Å²) in [6.07, 6.45) is 1.17. The van der Waals surface area contributed by atoms with Crippen molar-refractivity contribution in [1.82, 2.24) is 15.3 Å². The summed E-state index contributed by atoms with van der Waals surface area (Å²) >= 11 is 0. The van der Waals surface area contributed by atoms with Crippen molar-refractivity contribution >= 4 is 0 Å². The van der Waals surface area contributed by atoms with E-state index in [1.807, 2.05) is 6.92 Å². The molecule has 1 atom stereocenters. The first kappa shape index (κ1) is 8.23. The van der Waals surface area contributed by atoms with Crippen LogP contribution in [0.5, 0.6) is 0 Å². The lowest BCUT2D eigenvalue weighted by atomic mass is 10.3. The second-order valence-corrected chi connectivity index (χ2v) is 2.50. The van der Waals surface area contributed by atoms with Crippen molar-refractivity contribution in [3.05, 3.63) is 17.7 Å². The molecule has 1 aromatic rings. The van der Waals surface area contributed by atoms with Crippen LogP contribution in [0.25, 0.3) is 0 Å². The SMILES string of the molecule is CNCC(O)c1cnc(C)[nH]1. The fourth-order valence-corrected chi connectivity index (χ4v) is 0.912. The summed E-state index contributed by atoms with van der Waals surface area (Å²) in [5, 5.41) is 12.3. The third-order valence-corrected chi connectivity index (χ3v) is 1.48. The summed E-state index contributed by atoms with van der Waals surface area (Å²) < 4.78 is 0. The molecule has 0 radical (unpaired) electrons. The molecule has 1 aromatic heterocycles. The minimum atomic E-state index is -0.485. The molecule has 1 heterocycles. The predicted molar refractivity (Wildman–Crippen MR) is 42.2 cm³/mol. The normalized spacial score (nSPS) is 13.4. The van der Waals surface area contributed by atoms with E-state index in [-0.39, 0.29) is 0 Å². The minimum absolute atomic E-state index is 0.485. The highest BCUT2D eigenvalue weighted by molar-refractivity contribution is 5.03. The van der Waals surface area contributed by atoms with E-state index in [1.54, 1.807) is 13.2 Å². The first-order valence-electron chi connectivity index (χ1n) is 3.58. The molecular weight excluding hydrogens is 142 g/mol. The van der Waals surface area contributed by atoms with E-state index in [2.05, 4.69) is 15.3 Å². The van der Waals surface area contributed by atoms with Crippen molar-refractivity contribution in [3.63, 3.8) is 0 Å². The fraction of sp³-hybridized carbons (Fsp3) is 0.571. The number of aliphatic hydroxyl groups excluding tert-OH is 1. The standard InChI is InChI=1S/C7H13N3O/c1-5-9-3-6(10-5)7(11)4-8-2/h3,7-8,11H,4H2,1-2H3,(H,9,10). The molecule has 0 aliphatic carbocycles. The number of nitrogens with zero attached hydrogens (tertiary/aromatic N) is 1. The van der Waals surface area contributed by atoms with Crippen LogP contribution in [0.1, 0.15) is 17.6 Å². The van der Waals surface area contributed by atoms with Gasteiger partial charge in [-0.15, -0.1) is 0 Å². The number of rotatable bonds is 3. The lowest BCUT2D eigenvalue weighted by Crippen LogP contribution is -2.16. The molecule has 0 aliphatic rings. The first-order chi connectivity index (χ1) is 5.24. The largest absolute Gasteiger partial charge is 0.385 e. The van der Waals surface area contributed by atoms with Crippen LogP contribution in [0.4, 0.5) is 0 Å². The second kappa shape index (κ2) is 3.50. The molecule has 0 aromatic carbocycles. The summed E-state index contributed by atoms with van der Waals surface area (Å²) in [5.41, 5.74) is 0.761. The monoisotopic (exact) mass is 155 g/mol. The van der Waals surface area contributed by atoms with Gasteiger partial charge in [0.05, 0.1) is 11.9 Å². The third-order valence-electron chi connectivity index (χ3n) is 1.48. The van der Waals surface area contributed by atoms with Crippen LogP contribution in [0.15, 0.2) is 6.20 Å². The molecule has 0 amide bonds. The van der Waals surface area contributed by atoms with Crippen molar-refractivity contribution < 1.29 is 5.11 Å². The quantitative estimate of drug-likeness (QED) is 0.574. The van der Waals surface area contributed by atoms with Crippen LogP contribution in [0, 0.1) is 6.92 Å². The Morgan fingerprint density at radius 2 is 2.55 bits per heavy atom. The Morgan fingerprint density at radius 3 is 3.00 bits per heavy atom. The van der Waals surface area contributed by atoms with Gasteiger partial charge in [0.1, 0.15) is 11.9 Å². The summed E-state index contributed by atoms with van der Waals surface area (Å²) in [7, 11) is 1.80. The maximum atomic E-state index is 9.40. The van der Waals surface area contributed by atoms with Crippen molar-refractivity contribution in [2.75, 3.05) is 13.6 Å². The Labute approximate surface area is 65.7 Å². The highest BCUT2D eigenvalue weighted by Gasteiger charge is 2.07. The maximum absolute atomic E-state index is 9.40. The Balaban J connectivity index is 2.60. The van der Waals surface area contributed by atoms with Crippen LogP contribution in [-0.2, 0) is 0 Å². The van der Waals surface area contributed by atoms with Gasteiger partial charge in [0.2, 0.25) is 0 Å². The van der Waals surface area contributed by atoms with Gasteiger partial charge < -0.3 is 15.4 Å². The van der Waals surface area contributed by atoms with Crippen molar-refractivity contribution in [3.8, 4) is 0 Å². The van der Waals surface area contributed by atoms with Gasteiger partial charge in [-0.3, -0.25) is 0 Å². The van der Waals surface area contributed by atoms with Crippen molar-refractivity contribution in [1.29, 1.82) is 0 Å². The Bertz CT molecular complexity index is 221. The smallest absolute Gasteiger partial charge is 0.108 e. The summed E-state index contributed by atoms with van der Waals surface area (Å²) in [4.78, 5) is 6.94. The van der Waals surface area contributed by atoms with Crippen LogP contribution in [0.2, 0.25) is 0 Å². The molecular formula is C7H13N3O. The molecule has 1 unspecified atom stereocenters. The van der Waals surface area contributed by atoms with E-state index in [0.29, 0.717) is 6.54 Å². The third kappa shape index (κ3) is 2.03. The van der Waals surface area contributed by atoms with Gasteiger partial charge >= 0.3 is 0 Å². The van der Waals surface area contributed by atoms with Gasteiger partial charge in [-0.2, -0.15) is 0 Å². The minimum Gasteiger partial charge on any atom is -0.385 e. The fourth-order valence-electron chi connectivity index (χ4n) is 0.912. The van der Waals surface area contributed by atoms with E-state index < -0.39 is 6.10 Å². The number of H-pyrrole nitrogens is 1. The zero-order valence-electron chi connectivity index (χ0n) is 6.76. The van der Waals surface area contributed by atoms with E-state index in [0.717, 1.165) is 11.5 Å². The highest BCUT2D eigenvalue weighted by atomic mass is 16.3. The number of hydrogen-bond acceptors (Lipinski definition) is 3.